The van der Waals surface area contributed by atoms with Crippen molar-refractivity contribution in [1.82, 2.24) is 10.2 Å². The molecule has 1 aromatic heterocycles. The van der Waals surface area contributed by atoms with Gasteiger partial charge in [0.15, 0.2) is 0 Å². The first-order valence-electron chi connectivity index (χ1n) is 13.7. The van der Waals surface area contributed by atoms with E-state index in [0.717, 1.165) is 40.8 Å². The predicted molar refractivity (Wildman–Crippen MR) is 152 cm³/mol. The first-order chi connectivity index (χ1) is 18.8. The van der Waals surface area contributed by atoms with E-state index in [-0.39, 0.29) is 30.9 Å². The van der Waals surface area contributed by atoms with E-state index in [0.29, 0.717) is 23.7 Å². The van der Waals surface area contributed by atoms with Crippen LogP contribution in [0.25, 0.3) is 11.0 Å². The molecule has 1 aliphatic rings. The number of hydrogen-bond acceptors (Lipinski definition) is 5. The molecule has 1 fully saturated rings. The van der Waals surface area contributed by atoms with Crippen LogP contribution in [0.4, 0.5) is 16.2 Å². The molecule has 0 radical (unpaired) electrons. The van der Waals surface area contributed by atoms with Gasteiger partial charge in [0.1, 0.15) is 11.3 Å². The Hall–Kier alpha value is -4.01. The summed E-state index contributed by atoms with van der Waals surface area (Å²) < 4.78 is 6.43. The second-order valence-electron chi connectivity index (χ2n) is 10.3. The Morgan fingerprint density at radius 1 is 1.05 bits per heavy atom. The van der Waals surface area contributed by atoms with Crippen LogP contribution in [0.3, 0.4) is 0 Å². The highest BCUT2D eigenvalue weighted by atomic mass is 16.4. The van der Waals surface area contributed by atoms with Crippen LogP contribution >= 0.6 is 0 Å². The average molecular weight is 535 g/mol. The highest BCUT2D eigenvalue weighted by Crippen LogP contribution is 2.41. The summed E-state index contributed by atoms with van der Waals surface area (Å²) in [5.74, 6) is 0.144. The van der Waals surface area contributed by atoms with E-state index in [1.54, 1.807) is 19.2 Å². The molecule has 1 heterocycles. The van der Waals surface area contributed by atoms with Gasteiger partial charge in [-0.2, -0.15) is 0 Å². The second kappa shape index (κ2) is 12.7. The summed E-state index contributed by atoms with van der Waals surface area (Å²) >= 11 is 0. The van der Waals surface area contributed by atoms with Gasteiger partial charge in [0.25, 0.3) is 5.91 Å². The third kappa shape index (κ3) is 6.90. The van der Waals surface area contributed by atoms with Gasteiger partial charge in [-0.15, -0.1) is 0 Å². The maximum absolute atomic E-state index is 12.7. The number of rotatable bonds is 10. The van der Waals surface area contributed by atoms with Crippen LogP contribution in [0.2, 0.25) is 0 Å². The number of benzene rings is 2. The summed E-state index contributed by atoms with van der Waals surface area (Å²) in [5.41, 5.74) is 3.92. The van der Waals surface area contributed by atoms with Crippen molar-refractivity contribution in [3.8, 4) is 0 Å². The zero-order valence-corrected chi connectivity index (χ0v) is 22.9. The van der Waals surface area contributed by atoms with E-state index in [2.05, 4.69) is 22.9 Å². The number of aryl methyl sites for hydroxylation is 1. The van der Waals surface area contributed by atoms with E-state index < -0.39 is 5.97 Å². The number of nitrogens with one attached hydrogen (secondary N) is 3. The molecule has 1 atom stereocenters. The summed E-state index contributed by atoms with van der Waals surface area (Å²) in [5, 5.41) is 19.2. The Morgan fingerprint density at radius 2 is 1.74 bits per heavy atom. The molecule has 9 nitrogen and oxygen atoms in total. The topological polar surface area (TPSA) is 124 Å². The molecule has 3 aromatic rings. The fourth-order valence-electron chi connectivity index (χ4n) is 5.29. The Kier molecular flexibility index (Phi) is 9.11. The lowest BCUT2D eigenvalue weighted by atomic mass is 9.82. The minimum absolute atomic E-state index is 0.0442. The number of carboxylic acid groups (broad SMARTS) is 1. The lowest BCUT2D eigenvalue weighted by Crippen LogP contribution is -2.29. The molecule has 0 saturated heterocycles. The average Bonchev–Trinajstić information content (AvgIpc) is 3.26. The van der Waals surface area contributed by atoms with Crippen LogP contribution in [0, 0.1) is 12.8 Å². The first-order valence-corrected chi connectivity index (χ1v) is 13.7. The monoisotopic (exact) mass is 534 g/mol. The van der Waals surface area contributed by atoms with Gasteiger partial charge in [-0.1, -0.05) is 19.3 Å². The van der Waals surface area contributed by atoms with E-state index in [1.807, 2.05) is 37.3 Å². The number of carboxylic acids is 1. The Labute approximate surface area is 228 Å². The van der Waals surface area contributed by atoms with Crippen molar-refractivity contribution >= 4 is 40.3 Å². The molecule has 0 aliphatic heterocycles. The number of furan rings is 1. The minimum atomic E-state index is -0.932. The minimum Gasteiger partial charge on any atom is -0.481 e. The smallest absolute Gasteiger partial charge is 0.319 e. The van der Waals surface area contributed by atoms with Gasteiger partial charge >= 0.3 is 12.0 Å². The van der Waals surface area contributed by atoms with Crippen LogP contribution in [0.15, 0.2) is 46.9 Å². The zero-order chi connectivity index (χ0) is 27.9. The van der Waals surface area contributed by atoms with E-state index in [4.69, 9.17) is 9.52 Å². The molecule has 3 amide bonds. The second-order valence-corrected chi connectivity index (χ2v) is 10.3. The van der Waals surface area contributed by atoms with Crippen LogP contribution in [0.5, 0.6) is 0 Å². The highest BCUT2D eigenvalue weighted by Gasteiger charge is 2.30. The molecule has 1 unspecified atom stereocenters. The Bertz CT molecular complexity index is 1310. The standard InChI is InChI=1S/C30H38N4O5/c1-4-31-30(38)33-23-14-15-25-24(18-23)19(2)28(39-25)27(20-8-6-5-7-9-20)32-22-12-10-21(11-13-22)29(37)34(3)17-16-26(35)36/h10-15,18,20,27,32H,4-9,16-17H2,1-3H3,(H,35,36)(H2,31,33,38). The molecule has 2 aromatic carbocycles. The summed E-state index contributed by atoms with van der Waals surface area (Å²) in [6, 6.07) is 12.7. The van der Waals surface area contributed by atoms with Crippen molar-refractivity contribution in [2.45, 2.75) is 58.4 Å². The normalized spacial score (nSPS) is 14.5. The third-order valence-corrected chi connectivity index (χ3v) is 7.43. The van der Waals surface area contributed by atoms with Gasteiger partial charge in [0.2, 0.25) is 0 Å². The highest BCUT2D eigenvalue weighted by molar-refractivity contribution is 5.95. The van der Waals surface area contributed by atoms with Gasteiger partial charge < -0.3 is 30.4 Å². The van der Waals surface area contributed by atoms with Gasteiger partial charge in [0, 0.05) is 48.0 Å². The van der Waals surface area contributed by atoms with Crippen LogP contribution in [-0.2, 0) is 4.79 Å². The number of nitrogens with zero attached hydrogens (tertiary/aromatic N) is 1. The molecule has 0 spiro atoms. The molecule has 1 aliphatic carbocycles. The van der Waals surface area contributed by atoms with Crippen molar-refractivity contribution in [2.75, 3.05) is 30.8 Å². The Morgan fingerprint density at radius 3 is 2.41 bits per heavy atom. The number of aliphatic carboxylic acids is 1. The number of carbonyl (C=O) groups is 3. The third-order valence-electron chi connectivity index (χ3n) is 7.43. The Balaban J connectivity index is 1.57. The molecular formula is C30H38N4O5. The van der Waals surface area contributed by atoms with Gasteiger partial charge in [-0.05, 0) is 75.1 Å². The molecule has 9 heteroatoms. The molecule has 4 N–H and O–H groups in total. The largest absolute Gasteiger partial charge is 0.481 e. The summed E-state index contributed by atoms with van der Waals surface area (Å²) in [4.78, 5) is 37.0. The van der Waals surface area contributed by atoms with Crippen LogP contribution in [0.1, 0.15) is 73.2 Å². The number of amides is 3. The van der Waals surface area contributed by atoms with Gasteiger partial charge in [-0.3, -0.25) is 9.59 Å². The van der Waals surface area contributed by atoms with Crippen molar-refractivity contribution in [2.24, 2.45) is 5.92 Å². The lowest BCUT2D eigenvalue weighted by molar-refractivity contribution is -0.137. The van der Waals surface area contributed by atoms with Gasteiger partial charge in [-0.25, -0.2) is 4.79 Å². The zero-order valence-electron chi connectivity index (χ0n) is 22.9. The van der Waals surface area contributed by atoms with E-state index >= 15 is 0 Å². The summed E-state index contributed by atoms with van der Waals surface area (Å²) in [7, 11) is 1.61. The number of anilines is 2. The summed E-state index contributed by atoms with van der Waals surface area (Å²) in [6.45, 7) is 4.64. The van der Waals surface area contributed by atoms with Crippen LogP contribution < -0.4 is 16.0 Å². The summed E-state index contributed by atoms with van der Waals surface area (Å²) in [6.07, 6.45) is 5.71. The molecule has 1 saturated carbocycles. The van der Waals surface area contributed by atoms with E-state index in [1.165, 1.54) is 24.2 Å². The van der Waals surface area contributed by atoms with Crippen molar-refractivity contribution < 1.29 is 23.9 Å². The molecular weight excluding hydrogens is 496 g/mol. The fraction of sp³-hybridized carbons (Fsp3) is 0.433. The number of hydrogen-bond donors (Lipinski definition) is 4. The van der Waals surface area contributed by atoms with E-state index in [9.17, 15) is 14.4 Å². The van der Waals surface area contributed by atoms with Crippen molar-refractivity contribution in [3.05, 3.63) is 59.4 Å². The maximum atomic E-state index is 12.7. The molecule has 208 valence electrons. The first kappa shape index (κ1) is 28.0. The number of urea groups is 1. The molecule has 39 heavy (non-hydrogen) atoms. The maximum Gasteiger partial charge on any atom is 0.319 e. The SMILES string of the molecule is CCNC(=O)Nc1ccc2oc(C(Nc3ccc(C(=O)N(C)CCC(=O)O)cc3)C3CCCCC3)c(C)c2c1. The fourth-order valence-corrected chi connectivity index (χ4v) is 5.29. The van der Waals surface area contributed by atoms with Crippen LogP contribution in [-0.4, -0.2) is 48.1 Å². The molecule has 4 rings (SSSR count). The van der Waals surface area contributed by atoms with Crippen molar-refractivity contribution in [1.29, 1.82) is 0 Å². The predicted octanol–water partition coefficient (Wildman–Crippen LogP) is 6.16. The van der Waals surface area contributed by atoms with Crippen molar-refractivity contribution in [3.63, 3.8) is 0 Å². The number of fused-ring (bicyclic) bond motifs is 1. The number of carbonyl (C=O) groups excluding carboxylic acids is 2. The lowest BCUT2D eigenvalue weighted by Gasteiger charge is -2.31. The molecule has 0 bridgehead atoms. The quantitative estimate of drug-likeness (QED) is 0.247. The van der Waals surface area contributed by atoms with Gasteiger partial charge in [0.05, 0.1) is 12.5 Å².